The quantitative estimate of drug-likeness (QED) is 0.691. The van der Waals surface area contributed by atoms with Crippen LogP contribution in [0.15, 0.2) is 41.9 Å². The summed E-state index contributed by atoms with van der Waals surface area (Å²) in [5.41, 5.74) is 2.04. The van der Waals surface area contributed by atoms with Crippen molar-refractivity contribution in [2.24, 2.45) is 0 Å². The molecule has 0 unspecified atom stereocenters. The maximum Gasteiger partial charge on any atom is 0.272 e. The van der Waals surface area contributed by atoms with Gasteiger partial charge in [0.15, 0.2) is 5.69 Å². The number of hydrogen-bond donors (Lipinski definition) is 2. The Hall–Kier alpha value is -2.67. The number of nitrogens with one attached hydrogen (secondary N) is 2. The number of carbonyl (C=O) groups excluding carboxylic acids is 1. The molecule has 0 aliphatic heterocycles. The smallest absolute Gasteiger partial charge is 0.272 e. The summed E-state index contributed by atoms with van der Waals surface area (Å²) in [5, 5.41) is 11.8. The first kappa shape index (κ1) is 16.2. The summed E-state index contributed by atoms with van der Waals surface area (Å²) in [5.74, 6) is 0.320. The van der Waals surface area contributed by atoms with Crippen molar-refractivity contribution in [3.63, 3.8) is 0 Å². The molecule has 0 aliphatic rings. The Bertz CT molecular complexity index is 799. The number of hydrogen-bond acceptors (Lipinski definition) is 5. The molecule has 7 heteroatoms. The molecular weight excluding hydrogens is 324 g/mol. The van der Waals surface area contributed by atoms with Crippen LogP contribution in [0.5, 0.6) is 5.88 Å². The van der Waals surface area contributed by atoms with Crippen molar-refractivity contribution in [3.05, 3.63) is 53.2 Å². The molecule has 6 nitrogen and oxygen atoms in total. The largest absolute Gasteiger partial charge is 0.477 e. The average molecular weight is 342 g/mol. The molecule has 3 rings (SSSR count). The molecule has 3 aromatic rings. The van der Waals surface area contributed by atoms with E-state index in [0.29, 0.717) is 24.7 Å². The molecule has 2 N–H and O–H groups in total. The summed E-state index contributed by atoms with van der Waals surface area (Å²) < 4.78 is 5.59. The zero-order valence-electron chi connectivity index (χ0n) is 13.3. The number of amides is 1. The van der Waals surface area contributed by atoms with E-state index in [0.717, 1.165) is 22.6 Å². The average Bonchev–Trinajstić information content (AvgIpc) is 3.29. The highest BCUT2D eigenvalue weighted by Crippen LogP contribution is 2.23. The fourth-order valence-corrected chi connectivity index (χ4v) is 2.84. The SMILES string of the molecule is CCCOc1ncccc1CNC(=O)c1cc(-c2cccs2)[nH]n1. The predicted octanol–water partition coefficient (Wildman–Crippen LogP) is 3.25. The highest BCUT2D eigenvalue weighted by atomic mass is 32.1. The van der Waals surface area contributed by atoms with Crippen molar-refractivity contribution in [2.45, 2.75) is 19.9 Å². The Morgan fingerprint density at radius 3 is 3.08 bits per heavy atom. The first-order valence-corrected chi connectivity index (χ1v) is 8.60. The van der Waals surface area contributed by atoms with Gasteiger partial charge in [0, 0.05) is 18.3 Å². The van der Waals surface area contributed by atoms with Crippen LogP contribution in [0, 0.1) is 0 Å². The van der Waals surface area contributed by atoms with Gasteiger partial charge in [-0.25, -0.2) is 4.98 Å². The third-order valence-electron chi connectivity index (χ3n) is 3.33. The zero-order chi connectivity index (χ0) is 16.8. The van der Waals surface area contributed by atoms with Gasteiger partial charge in [-0.2, -0.15) is 5.10 Å². The number of aromatic nitrogens is 3. The lowest BCUT2D eigenvalue weighted by atomic mass is 10.2. The number of rotatable bonds is 7. The second-order valence-corrected chi connectivity index (χ2v) is 6.09. The third-order valence-corrected chi connectivity index (χ3v) is 4.23. The Labute approximate surface area is 143 Å². The second-order valence-electron chi connectivity index (χ2n) is 5.14. The molecule has 0 bridgehead atoms. The molecule has 0 fully saturated rings. The van der Waals surface area contributed by atoms with E-state index < -0.39 is 0 Å². The monoisotopic (exact) mass is 342 g/mol. The summed E-state index contributed by atoms with van der Waals surface area (Å²) >= 11 is 1.59. The van der Waals surface area contributed by atoms with E-state index >= 15 is 0 Å². The minimum absolute atomic E-state index is 0.237. The molecule has 0 saturated carbocycles. The van der Waals surface area contributed by atoms with E-state index in [9.17, 15) is 4.79 Å². The number of carbonyl (C=O) groups is 1. The van der Waals surface area contributed by atoms with Gasteiger partial charge in [0.25, 0.3) is 5.91 Å². The van der Waals surface area contributed by atoms with Crippen LogP contribution < -0.4 is 10.1 Å². The van der Waals surface area contributed by atoms with Crippen LogP contribution in [-0.2, 0) is 6.54 Å². The molecule has 24 heavy (non-hydrogen) atoms. The fourth-order valence-electron chi connectivity index (χ4n) is 2.15. The lowest BCUT2D eigenvalue weighted by Crippen LogP contribution is -2.23. The van der Waals surface area contributed by atoms with Gasteiger partial charge in [-0.15, -0.1) is 11.3 Å². The molecule has 0 saturated heterocycles. The van der Waals surface area contributed by atoms with Crippen LogP contribution in [0.2, 0.25) is 0 Å². The number of ether oxygens (including phenoxy) is 1. The molecule has 3 aromatic heterocycles. The molecule has 3 heterocycles. The molecule has 0 atom stereocenters. The predicted molar refractivity (Wildman–Crippen MR) is 93.1 cm³/mol. The summed E-state index contributed by atoms with van der Waals surface area (Å²) in [4.78, 5) is 17.5. The lowest BCUT2D eigenvalue weighted by Gasteiger charge is -2.09. The minimum atomic E-state index is -0.237. The summed E-state index contributed by atoms with van der Waals surface area (Å²) in [6.45, 7) is 2.97. The molecular formula is C17H18N4O2S. The van der Waals surface area contributed by atoms with Gasteiger partial charge in [0.05, 0.1) is 17.2 Å². The van der Waals surface area contributed by atoms with Crippen molar-refractivity contribution in [1.82, 2.24) is 20.5 Å². The topological polar surface area (TPSA) is 79.9 Å². The van der Waals surface area contributed by atoms with Crippen LogP contribution in [0.1, 0.15) is 29.4 Å². The van der Waals surface area contributed by atoms with Gasteiger partial charge in [0.1, 0.15) is 0 Å². The van der Waals surface area contributed by atoms with Crippen LogP contribution in [0.25, 0.3) is 10.6 Å². The van der Waals surface area contributed by atoms with Crippen molar-refractivity contribution < 1.29 is 9.53 Å². The van der Waals surface area contributed by atoms with Crippen molar-refractivity contribution in [3.8, 4) is 16.5 Å². The van der Waals surface area contributed by atoms with Crippen molar-refractivity contribution >= 4 is 17.2 Å². The van der Waals surface area contributed by atoms with Gasteiger partial charge in [-0.3, -0.25) is 9.89 Å². The molecule has 1 amide bonds. The molecule has 0 aliphatic carbocycles. The maximum absolute atomic E-state index is 12.3. The van der Waals surface area contributed by atoms with Crippen molar-refractivity contribution in [2.75, 3.05) is 6.61 Å². The number of H-pyrrole nitrogens is 1. The summed E-state index contributed by atoms with van der Waals surface area (Å²) in [6.07, 6.45) is 2.58. The zero-order valence-corrected chi connectivity index (χ0v) is 14.1. The van der Waals surface area contributed by atoms with Gasteiger partial charge in [-0.1, -0.05) is 19.1 Å². The first-order valence-electron chi connectivity index (χ1n) is 7.72. The minimum Gasteiger partial charge on any atom is -0.477 e. The van der Waals surface area contributed by atoms with Crippen LogP contribution >= 0.6 is 11.3 Å². The summed E-state index contributed by atoms with van der Waals surface area (Å²) in [7, 11) is 0. The Balaban J connectivity index is 1.64. The third kappa shape index (κ3) is 3.80. The highest BCUT2D eigenvalue weighted by molar-refractivity contribution is 7.13. The highest BCUT2D eigenvalue weighted by Gasteiger charge is 2.13. The van der Waals surface area contributed by atoms with Crippen LogP contribution in [0.3, 0.4) is 0 Å². The first-order chi connectivity index (χ1) is 11.8. The van der Waals surface area contributed by atoms with E-state index in [1.54, 1.807) is 23.6 Å². The summed E-state index contributed by atoms with van der Waals surface area (Å²) in [6, 6.07) is 9.40. The van der Waals surface area contributed by atoms with E-state index in [4.69, 9.17) is 4.74 Å². The van der Waals surface area contributed by atoms with E-state index in [2.05, 4.69) is 20.5 Å². The Morgan fingerprint density at radius 1 is 1.38 bits per heavy atom. The Morgan fingerprint density at radius 2 is 2.29 bits per heavy atom. The van der Waals surface area contributed by atoms with E-state index in [-0.39, 0.29) is 5.91 Å². The number of thiophene rings is 1. The van der Waals surface area contributed by atoms with Gasteiger partial charge >= 0.3 is 0 Å². The number of nitrogens with zero attached hydrogens (tertiary/aromatic N) is 2. The maximum atomic E-state index is 12.3. The van der Waals surface area contributed by atoms with Crippen LogP contribution in [-0.4, -0.2) is 27.7 Å². The number of aromatic amines is 1. The molecule has 124 valence electrons. The van der Waals surface area contributed by atoms with E-state index in [1.165, 1.54) is 0 Å². The van der Waals surface area contributed by atoms with Crippen LogP contribution in [0.4, 0.5) is 0 Å². The standard InChI is InChI=1S/C17H18N4O2S/c1-2-8-23-17-12(5-3-7-18-17)11-19-16(22)14-10-13(20-21-14)15-6-4-9-24-15/h3-7,9-10H,2,8,11H2,1H3,(H,19,22)(H,20,21). The molecule has 0 aromatic carbocycles. The van der Waals surface area contributed by atoms with E-state index in [1.807, 2.05) is 36.6 Å². The second kappa shape index (κ2) is 7.74. The Kier molecular flexibility index (Phi) is 5.22. The van der Waals surface area contributed by atoms with Gasteiger partial charge < -0.3 is 10.1 Å². The number of pyridine rings is 1. The fraction of sp³-hybridized carbons (Fsp3) is 0.235. The molecule has 0 radical (unpaired) electrons. The van der Waals surface area contributed by atoms with Crippen molar-refractivity contribution in [1.29, 1.82) is 0 Å². The molecule has 0 spiro atoms. The normalized spacial score (nSPS) is 10.5. The lowest BCUT2D eigenvalue weighted by molar-refractivity contribution is 0.0945. The van der Waals surface area contributed by atoms with Gasteiger partial charge in [0.2, 0.25) is 5.88 Å². The van der Waals surface area contributed by atoms with Gasteiger partial charge in [-0.05, 0) is 30.0 Å².